The van der Waals surface area contributed by atoms with Crippen LogP contribution in [0.25, 0.3) is 0 Å². The van der Waals surface area contributed by atoms with Crippen molar-refractivity contribution in [1.29, 1.82) is 0 Å². The number of nitrogens with one attached hydrogen (secondary N) is 1. The zero-order valence-electron chi connectivity index (χ0n) is 9.35. The van der Waals surface area contributed by atoms with Crippen molar-refractivity contribution in [2.24, 2.45) is 0 Å². The Morgan fingerprint density at radius 2 is 2.13 bits per heavy atom. The van der Waals surface area contributed by atoms with Crippen LogP contribution < -0.4 is 5.32 Å². The molecule has 0 aromatic heterocycles. The van der Waals surface area contributed by atoms with Gasteiger partial charge in [0.15, 0.2) is 0 Å². The topological polar surface area (TPSA) is 21.3 Å². The molecule has 2 nitrogen and oxygen atoms in total. The number of rotatable bonds is 6. The molecule has 0 aliphatic heterocycles. The van der Waals surface area contributed by atoms with E-state index in [4.69, 9.17) is 4.74 Å². The highest BCUT2D eigenvalue weighted by atomic mass is 19.1. The molecule has 15 heavy (non-hydrogen) atoms. The van der Waals surface area contributed by atoms with E-state index in [1.165, 1.54) is 6.07 Å². The standard InChI is InChI=1S/C12H18FNO/c1-10-6-5-7-11(13)12(10)14-8-3-4-9-15-2/h5-7,14H,3-4,8-9H2,1-2H3. The predicted octanol–water partition coefficient (Wildman–Crippen LogP) is 2.97. The Hall–Kier alpha value is -1.09. The molecule has 0 spiro atoms. The van der Waals surface area contributed by atoms with Crippen molar-refractivity contribution in [2.75, 3.05) is 25.6 Å². The second-order valence-electron chi connectivity index (χ2n) is 3.56. The van der Waals surface area contributed by atoms with Crippen LogP contribution in [-0.4, -0.2) is 20.3 Å². The van der Waals surface area contributed by atoms with Gasteiger partial charge in [-0.1, -0.05) is 12.1 Å². The number of halogens is 1. The Bertz CT molecular complexity index is 281. The Labute approximate surface area is 90.4 Å². The molecule has 1 rings (SSSR count). The van der Waals surface area contributed by atoms with E-state index in [0.717, 1.165) is 31.6 Å². The molecule has 0 heterocycles. The number of hydrogen-bond acceptors (Lipinski definition) is 2. The summed E-state index contributed by atoms with van der Waals surface area (Å²) in [6.45, 7) is 3.45. The van der Waals surface area contributed by atoms with Crippen LogP contribution in [0.1, 0.15) is 18.4 Å². The minimum atomic E-state index is -0.179. The van der Waals surface area contributed by atoms with Gasteiger partial charge in [-0.05, 0) is 31.4 Å². The maximum atomic E-state index is 13.3. The van der Waals surface area contributed by atoms with E-state index in [2.05, 4.69) is 5.32 Å². The summed E-state index contributed by atoms with van der Waals surface area (Å²) < 4.78 is 18.3. The molecule has 0 bridgehead atoms. The Kier molecular flexibility index (Phi) is 5.12. The largest absolute Gasteiger partial charge is 0.385 e. The minimum Gasteiger partial charge on any atom is -0.385 e. The van der Waals surface area contributed by atoms with Crippen molar-refractivity contribution < 1.29 is 9.13 Å². The van der Waals surface area contributed by atoms with Gasteiger partial charge in [-0.25, -0.2) is 4.39 Å². The van der Waals surface area contributed by atoms with Crippen molar-refractivity contribution in [3.63, 3.8) is 0 Å². The predicted molar refractivity (Wildman–Crippen MR) is 60.7 cm³/mol. The fraction of sp³-hybridized carbons (Fsp3) is 0.500. The minimum absolute atomic E-state index is 0.179. The fourth-order valence-electron chi connectivity index (χ4n) is 1.44. The molecule has 0 radical (unpaired) electrons. The highest BCUT2D eigenvalue weighted by Crippen LogP contribution is 2.18. The van der Waals surface area contributed by atoms with Crippen molar-refractivity contribution >= 4 is 5.69 Å². The molecule has 0 aliphatic rings. The summed E-state index contributed by atoms with van der Waals surface area (Å²) in [5.41, 5.74) is 1.57. The van der Waals surface area contributed by atoms with Gasteiger partial charge in [0, 0.05) is 20.3 Å². The first-order valence-electron chi connectivity index (χ1n) is 5.23. The lowest BCUT2D eigenvalue weighted by Gasteiger charge is -2.10. The average Bonchev–Trinajstić information content (AvgIpc) is 2.21. The van der Waals surface area contributed by atoms with Gasteiger partial charge in [0.1, 0.15) is 5.82 Å². The van der Waals surface area contributed by atoms with Crippen molar-refractivity contribution in [3.05, 3.63) is 29.6 Å². The lowest BCUT2D eigenvalue weighted by Crippen LogP contribution is -2.06. The van der Waals surface area contributed by atoms with Crippen molar-refractivity contribution in [2.45, 2.75) is 19.8 Å². The second-order valence-corrected chi connectivity index (χ2v) is 3.56. The third-order valence-electron chi connectivity index (χ3n) is 2.30. The average molecular weight is 211 g/mol. The summed E-state index contributed by atoms with van der Waals surface area (Å²) in [4.78, 5) is 0. The lowest BCUT2D eigenvalue weighted by molar-refractivity contribution is 0.194. The Balaban J connectivity index is 2.37. The molecule has 0 fully saturated rings. The lowest BCUT2D eigenvalue weighted by atomic mass is 10.2. The number of para-hydroxylation sites is 1. The first kappa shape index (κ1) is 12.0. The second kappa shape index (κ2) is 6.40. The van der Waals surface area contributed by atoms with Crippen LogP contribution in [0.5, 0.6) is 0 Å². The molecule has 1 N–H and O–H groups in total. The highest BCUT2D eigenvalue weighted by Gasteiger charge is 2.03. The SMILES string of the molecule is COCCCCNc1c(C)cccc1F. The van der Waals surface area contributed by atoms with Gasteiger partial charge in [0.25, 0.3) is 0 Å². The molecule has 0 saturated carbocycles. The van der Waals surface area contributed by atoms with E-state index in [1.54, 1.807) is 13.2 Å². The third-order valence-corrected chi connectivity index (χ3v) is 2.30. The molecule has 0 aliphatic carbocycles. The highest BCUT2D eigenvalue weighted by molar-refractivity contribution is 5.51. The van der Waals surface area contributed by atoms with Gasteiger partial charge in [0.05, 0.1) is 5.69 Å². The van der Waals surface area contributed by atoms with E-state index in [-0.39, 0.29) is 5.82 Å². The van der Waals surface area contributed by atoms with Crippen molar-refractivity contribution in [1.82, 2.24) is 0 Å². The van der Waals surface area contributed by atoms with Crippen LogP contribution in [0.15, 0.2) is 18.2 Å². The van der Waals surface area contributed by atoms with Crippen molar-refractivity contribution in [3.8, 4) is 0 Å². The number of unbranched alkanes of at least 4 members (excludes halogenated alkanes) is 1. The number of hydrogen-bond donors (Lipinski definition) is 1. The molecule has 1 aromatic carbocycles. The number of anilines is 1. The number of aryl methyl sites for hydroxylation is 1. The van der Waals surface area contributed by atoms with Crippen LogP contribution in [0.4, 0.5) is 10.1 Å². The van der Waals surface area contributed by atoms with Crippen LogP contribution >= 0.6 is 0 Å². The van der Waals surface area contributed by atoms with Gasteiger partial charge in [-0.2, -0.15) is 0 Å². The van der Waals surface area contributed by atoms with Gasteiger partial charge in [0.2, 0.25) is 0 Å². The molecule has 3 heteroatoms. The summed E-state index contributed by atoms with van der Waals surface area (Å²) in [5.74, 6) is -0.179. The zero-order valence-corrected chi connectivity index (χ0v) is 9.35. The maximum absolute atomic E-state index is 13.3. The van der Waals surface area contributed by atoms with Gasteiger partial charge < -0.3 is 10.1 Å². The van der Waals surface area contributed by atoms with E-state index in [1.807, 2.05) is 13.0 Å². The molecule has 0 saturated heterocycles. The number of methoxy groups -OCH3 is 1. The first-order chi connectivity index (χ1) is 7.25. The Morgan fingerprint density at radius 3 is 2.80 bits per heavy atom. The number of benzene rings is 1. The molecular weight excluding hydrogens is 193 g/mol. The van der Waals surface area contributed by atoms with Gasteiger partial charge in [-0.15, -0.1) is 0 Å². The van der Waals surface area contributed by atoms with E-state index in [9.17, 15) is 4.39 Å². The van der Waals surface area contributed by atoms with Crippen LogP contribution in [0.3, 0.4) is 0 Å². The maximum Gasteiger partial charge on any atom is 0.146 e. The molecular formula is C12H18FNO. The van der Waals surface area contributed by atoms with Crippen LogP contribution in [-0.2, 0) is 4.74 Å². The summed E-state index contributed by atoms with van der Waals surface area (Å²) in [6, 6.07) is 5.10. The van der Waals surface area contributed by atoms with Gasteiger partial charge in [-0.3, -0.25) is 0 Å². The monoisotopic (exact) mass is 211 g/mol. The molecule has 0 atom stereocenters. The summed E-state index contributed by atoms with van der Waals surface area (Å²) in [5, 5.41) is 3.11. The van der Waals surface area contributed by atoms with Crippen LogP contribution in [0.2, 0.25) is 0 Å². The summed E-state index contributed by atoms with van der Waals surface area (Å²) in [7, 11) is 1.69. The summed E-state index contributed by atoms with van der Waals surface area (Å²) >= 11 is 0. The molecule has 84 valence electrons. The van der Waals surface area contributed by atoms with Crippen LogP contribution in [0, 0.1) is 12.7 Å². The smallest absolute Gasteiger partial charge is 0.146 e. The first-order valence-corrected chi connectivity index (χ1v) is 5.23. The van der Waals surface area contributed by atoms with Gasteiger partial charge >= 0.3 is 0 Å². The molecule has 0 unspecified atom stereocenters. The summed E-state index contributed by atoms with van der Waals surface area (Å²) in [6.07, 6.45) is 1.98. The van der Waals surface area contributed by atoms with E-state index >= 15 is 0 Å². The van der Waals surface area contributed by atoms with E-state index < -0.39 is 0 Å². The molecule has 0 amide bonds. The zero-order chi connectivity index (χ0) is 11.1. The Morgan fingerprint density at radius 1 is 1.33 bits per heavy atom. The third kappa shape index (κ3) is 3.88. The molecule has 1 aromatic rings. The van der Waals surface area contributed by atoms with E-state index in [0.29, 0.717) is 5.69 Å². The number of ether oxygens (including phenoxy) is 1. The fourth-order valence-corrected chi connectivity index (χ4v) is 1.44. The normalized spacial score (nSPS) is 10.3. The quantitative estimate of drug-likeness (QED) is 0.730.